The molecule has 0 radical (unpaired) electrons. The summed E-state index contributed by atoms with van der Waals surface area (Å²) in [7, 11) is 0. The van der Waals surface area contributed by atoms with Crippen molar-refractivity contribution in [2.45, 2.75) is 78.2 Å². The highest BCUT2D eigenvalue weighted by Crippen LogP contribution is 2.12. The van der Waals surface area contributed by atoms with Crippen molar-refractivity contribution in [1.82, 2.24) is 10.6 Å². The topological polar surface area (TPSA) is 24.1 Å². The highest BCUT2D eigenvalue weighted by Gasteiger charge is 2.04. The predicted octanol–water partition coefficient (Wildman–Crippen LogP) is 5.29. The van der Waals surface area contributed by atoms with E-state index >= 15 is 0 Å². The SMILES string of the molecule is CCCCC1=CC=C(CNCCCNC(CCC)CCC)C=C=C1. The number of hydrogen-bond acceptors (Lipinski definition) is 2. The minimum absolute atomic E-state index is 0.712. The van der Waals surface area contributed by atoms with Gasteiger partial charge in [0.25, 0.3) is 0 Å². The van der Waals surface area contributed by atoms with Crippen LogP contribution in [-0.4, -0.2) is 25.7 Å². The first-order chi connectivity index (χ1) is 11.8. The smallest absolute Gasteiger partial charge is 0.0211 e. The van der Waals surface area contributed by atoms with Gasteiger partial charge < -0.3 is 10.6 Å². The van der Waals surface area contributed by atoms with Crippen LogP contribution in [-0.2, 0) is 0 Å². The Labute approximate surface area is 150 Å². The largest absolute Gasteiger partial charge is 0.314 e. The monoisotopic (exact) mass is 330 g/mol. The van der Waals surface area contributed by atoms with Crippen LogP contribution in [0, 0.1) is 0 Å². The van der Waals surface area contributed by atoms with E-state index in [2.05, 4.69) is 61.4 Å². The van der Waals surface area contributed by atoms with Gasteiger partial charge in [-0.25, -0.2) is 0 Å². The van der Waals surface area contributed by atoms with E-state index in [1.165, 1.54) is 56.1 Å². The lowest BCUT2D eigenvalue weighted by molar-refractivity contribution is 0.438. The molecule has 0 bridgehead atoms. The van der Waals surface area contributed by atoms with Gasteiger partial charge in [-0.3, -0.25) is 0 Å². The Kier molecular flexibility index (Phi) is 12.5. The second-order valence-electron chi connectivity index (χ2n) is 6.80. The zero-order valence-corrected chi connectivity index (χ0v) is 16.2. The Morgan fingerprint density at radius 2 is 1.58 bits per heavy atom. The molecule has 0 saturated heterocycles. The molecule has 0 spiro atoms. The molecule has 24 heavy (non-hydrogen) atoms. The number of rotatable bonds is 14. The lowest BCUT2D eigenvalue weighted by Gasteiger charge is -2.17. The Bertz CT molecular complexity index is 433. The number of hydrogen-bond donors (Lipinski definition) is 2. The molecule has 0 unspecified atom stereocenters. The molecule has 0 atom stereocenters. The lowest BCUT2D eigenvalue weighted by Crippen LogP contribution is -2.31. The summed E-state index contributed by atoms with van der Waals surface area (Å²) in [6.07, 6.45) is 18.8. The molecular formula is C22H38N2. The first-order valence-electron chi connectivity index (χ1n) is 10.1. The summed E-state index contributed by atoms with van der Waals surface area (Å²) in [5, 5.41) is 7.26. The van der Waals surface area contributed by atoms with Gasteiger partial charge in [-0.1, -0.05) is 52.2 Å². The number of nitrogens with one attached hydrogen (secondary N) is 2. The van der Waals surface area contributed by atoms with E-state index in [0.717, 1.165) is 26.1 Å². The molecule has 0 aromatic carbocycles. The van der Waals surface area contributed by atoms with Gasteiger partial charge in [-0.15, -0.1) is 5.73 Å². The van der Waals surface area contributed by atoms with E-state index in [1.54, 1.807) is 0 Å². The fourth-order valence-electron chi connectivity index (χ4n) is 3.01. The Hall–Kier alpha value is -1.08. The molecule has 0 aromatic heterocycles. The van der Waals surface area contributed by atoms with Crippen LogP contribution in [0.5, 0.6) is 0 Å². The van der Waals surface area contributed by atoms with E-state index in [0.29, 0.717) is 6.04 Å². The van der Waals surface area contributed by atoms with Crippen molar-refractivity contribution in [3.05, 3.63) is 41.2 Å². The van der Waals surface area contributed by atoms with Crippen LogP contribution in [0.15, 0.2) is 41.2 Å². The molecule has 2 N–H and O–H groups in total. The first-order valence-corrected chi connectivity index (χ1v) is 10.1. The molecule has 0 heterocycles. The molecule has 0 aromatic rings. The van der Waals surface area contributed by atoms with Crippen LogP contribution in [0.25, 0.3) is 0 Å². The maximum Gasteiger partial charge on any atom is 0.0211 e. The van der Waals surface area contributed by atoms with E-state index in [4.69, 9.17) is 0 Å². The highest BCUT2D eigenvalue weighted by molar-refractivity contribution is 5.34. The summed E-state index contributed by atoms with van der Waals surface area (Å²) >= 11 is 0. The standard InChI is InChI=1S/C22H38N2/c1-4-7-12-20-13-8-14-21(16-15-20)19-23-17-9-18-24-22(10-5-2)11-6-3/h13-16,22-24H,4-7,9-12,17-19H2,1-3H3. The number of allylic oxidation sites excluding steroid dienone is 3. The Morgan fingerprint density at radius 3 is 2.29 bits per heavy atom. The summed E-state index contributed by atoms with van der Waals surface area (Å²) in [6, 6.07) is 0.712. The fourth-order valence-corrected chi connectivity index (χ4v) is 3.01. The summed E-state index contributed by atoms with van der Waals surface area (Å²) in [5.41, 5.74) is 6.03. The molecule has 2 heteroatoms. The van der Waals surface area contributed by atoms with Crippen LogP contribution >= 0.6 is 0 Å². The van der Waals surface area contributed by atoms with Gasteiger partial charge in [0, 0.05) is 12.6 Å². The van der Waals surface area contributed by atoms with E-state index < -0.39 is 0 Å². The third-order valence-electron chi connectivity index (χ3n) is 4.43. The van der Waals surface area contributed by atoms with Crippen molar-refractivity contribution in [1.29, 1.82) is 0 Å². The third kappa shape index (κ3) is 9.93. The zero-order chi connectivity index (χ0) is 17.5. The van der Waals surface area contributed by atoms with Gasteiger partial charge in [0.15, 0.2) is 0 Å². The quantitative estimate of drug-likeness (QED) is 0.334. The molecule has 0 aliphatic heterocycles. The van der Waals surface area contributed by atoms with Crippen LogP contribution in [0.4, 0.5) is 0 Å². The second-order valence-corrected chi connectivity index (χ2v) is 6.80. The average molecular weight is 331 g/mol. The van der Waals surface area contributed by atoms with Crippen molar-refractivity contribution in [2.24, 2.45) is 0 Å². The average Bonchev–Trinajstić information content (AvgIpc) is 2.81. The van der Waals surface area contributed by atoms with Crippen molar-refractivity contribution in [3.63, 3.8) is 0 Å². The Balaban J connectivity index is 2.18. The van der Waals surface area contributed by atoms with Crippen molar-refractivity contribution < 1.29 is 0 Å². The summed E-state index contributed by atoms with van der Waals surface area (Å²) in [5.74, 6) is 0. The van der Waals surface area contributed by atoms with Crippen LogP contribution < -0.4 is 10.6 Å². The van der Waals surface area contributed by atoms with Gasteiger partial charge in [0.1, 0.15) is 0 Å². The maximum absolute atomic E-state index is 3.71. The molecule has 0 saturated carbocycles. The van der Waals surface area contributed by atoms with Crippen LogP contribution in [0.1, 0.15) is 72.1 Å². The normalized spacial score (nSPS) is 14.0. The van der Waals surface area contributed by atoms with E-state index in [1.807, 2.05) is 0 Å². The highest BCUT2D eigenvalue weighted by atomic mass is 14.9. The molecular weight excluding hydrogens is 292 g/mol. The summed E-state index contributed by atoms with van der Waals surface area (Å²) < 4.78 is 0. The first kappa shape index (κ1) is 21.0. The van der Waals surface area contributed by atoms with Crippen LogP contribution in [0.2, 0.25) is 0 Å². The summed E-state index contributed by atoms with van der Waals surface area (Å²) in [4.78, 5) is 0. The molecule has 2 nitrogen and oxygen atoms in total. The Morgan fingerprint density at radius 1 is 0.875 bits per heavy atom. The van der Waals surface area contributed by atoms with Gasteiger partial charge >= 0.3 is 0 Å². The van der Waals surface area contributed by atoms with Gasteiger partial charge in [-0.05, 0) is 68.5 Å². The van der Waals surface area contributed by atoms with Gasteiger partial charge in [0.2, 0.25) is 0 Å². The fraction of sp³-hybridized carbons (Fsp3) is 0.682. The van der Waals surface area contributed by atoms with Crippen molar-refractivity contribution >= 4 is 0 Å². The molecule has 1 rings (SSSR count). The molecule has 1 aliphatic carbocycles. The van der Waals surface area contributed by atoms with Gasteiger partial charge in [0.05, 0.1) is 0 Å². The van der Waals surface area contributed by atoms with E-state index in [-0.39, 0.29) is 0 Å². The molecule has 0 fully saturated rings. The third-order valence-corrected chi connectivity index (χ3v) is 4.43. The number of unbranched alkanes of at least 4 members (excludes halogenated alkanes) is 1. The maximum atomic E-state index is 3.71. The zero-order valence-electron chi connectivity index (χ0n) is 16.2. The molecule has 0 amide bonds. The van der Waals surface area contributed by atoms with Gasteiger partial charge in [-0.2, -0.15) is 0 Å². The lowest BCUT2D eigenvalue weighted by atomic mass is 10.1. The molecule has 1 aliphatic rings. The second kappa shape index (κ2) is 14.3. The van der Waals surface area contributed by atoms with Crippen molar-refractivity contribution in [3.8, 4) is 0 Å². The minimum atomic E-state index is 0.712. The molecule has 136 valence electrons. The van der Waals surface area contributed by atoms with Crippen molar-refractivity contribution in [2.75, 3.05) is 19.6 Å². The predicted molar refractivity (Wildman–Crippen MR) is 107 cm³/mol. The van der Waals surface area contributed by atoms with E-state index in [9.17, 15) is 0 Å². The van der Waals surface area contributed by atoms with Crippen LogP contribution in [0.3, 0.4) is 0 Å². The summed E-state index contributed by atoms with van der Waals surface area (Å²) in [6.45, 7) is 9.91. The minimum Gasteiger partial charge on any atom is -0.314 e.